The van der Waals surface area contributed by atoms with E-state index in [1.807, 2.05) is 0 Å². The Kier molecular flexibility index (Phi) is 1.10. The number of hydrogen-bond acceptors (Lipinski definition) is 4. The second-order valence-corrected chi connectivity index (χ2v) is 1.77. The molecule has 0 amide bonds. The monoisotopic (exact) mass is 156 g/mol. The fourth-order valence-corrected chi connectivity index (χ4v) is 0.537. The quantitative estimate of drug-likeness (QED) is 0.534. The molecule has 0 aliphatic carbocycles. The molecule has 0 saturated heterocycles. The van der Waals surface area contributed by atoms with E-state index in [1.54, 1.807) is 0 Å². The maximum Gasteiger partial charge on any atom is 0.341 e. The zero-order chi connectivity index (χ0) is 10.2. The van der Waals surface area contributed by atoms with E-state index in [9.17, 15) is 4.79 Å². The van der Waals surface area contributed by atoms with Crippen LogP contribution >= 0.6 is 0 Å². The molecule has 4 N–H and O–H groups in total. The Labute approximate surface area is 64.9 Å². The summed E-state index contributed by atoms with van der Waals surface area (Å²) in [6, 6.07) is -0.593. The Morgan fingerprint density at radius 1 is 1.82 bits per heavy atom. The van der Waals surface area contributed by atoms with Gasteiger partial charge in [0.05, 0.1) is 14.6 Å². The van der Waals surface area contributed by atoms with E-state index in [4.69, 9.17) is 18.7 Å². The number of hydrogen-bond donors (Lipinski definition) is 3. The number of rotatable bonds is 1. The lowest BCUT2D eigenvalue weighted by Crippen LogP contribution is -1.99. The second-order valence-electron chi connectivity index (χ2n) is 1.77. The number of pyridine rings is 1. The number of nitrogens with zero attached hydrogens (tertiary/aromatic N) is 1. The molecule has 58 valence electrons. The third-order valence-corrected chi connectivity index (χ3v) is 0.979. The van der Waals surface area contributed by atoms with Crippen molar-refractivity contribution >= 4 is 11.7 Å². The molecular weight excluding hydrogens is 148 g/mol. The largest absolute Gasteiger partial charge is 0.493 e. The van der Waals surface area contributed by atoms with E-state index < -0.39 is 29.6 Å². The molecule has 0 aromatic carbocycles. The molecule has 11 heavy (non-hydrogen) atoms. The van der Waals surface area contributed by atoms with Crippen LogP contribution in [0.25, 0.3) is 0 Å². The average Bonchev–Trinajstić information content (AvgIpc) is 1.99. The Morgan fingerprint density at radius 3 is 3.00 bits per heavy atom. The van der Waals surface area contributed by atoms with Gasteiger partial charge in [-0.3, -0.25) is 0 Å². The van der Waals surface area contributed by atoms with Gasteiger partial charge in [-0.1, -0.05) is 0 Å². The first-order chi connectivity index (χ1) is 5.95. The summed E-state index contributed by atoms with van der Waals surface area (Å²) >= 11 is 0. The highest BCUT2D eigenvalue weighted by Gasteiger charge is 2.09. The van der Waals surface area contributed by atoms with Crippen molar-refractivity contribution in [3.05, 3.63) is 17.8 Å². The number of carboxylic acid groups (broad SMARTS) is 1. The minimum absolute atomic E-state index is 0.366. The first-order valence-electron chi connectivity index (χ1n) is 3.64. The van der Waals surface area contributed by atoms with E-state index >= 15 is 0 Å². The number of carbonyl (C=O) groups is 1. The molecule has 1 heterocycles. The highest BCUT2D eigenvalue weighted by atomic mass is 16.4. The fraction of sp³-hybridized carbons (Fsp3) is 0. The first-order valence-corrected chi connectivity index (χ1v) is 2.64. The lowest BCUT2D eigenvalue weighted by molar-refractivity contribution is 0.0693. The molecule has 5 nitrogen and oxygen atoms in total. The third-order valence-electron chi connectivity index (χ3n) is 0.979. The third kappa shape index (κ3) is 1.37. The molecular formula is C6H6N2O3. The standard InChI is InChI=1S/C6H6N2O3/c7-3-1-4(6(10)11)5(9)8-2-3/h1-2H,7H2,(H,8,9)(H,10,11)/i1D,2D. The number of nitrogen functional groups attached to an aromatic ring is 1. The molecule has 0 fully saturated rings. The summed E-state index contributed by atoms with van der Waals surface area (Å²) in [5.41, 5.74) is 4.13. The smallest absolute Gasteiger partial charge is 0.341 e. The molecule has 1 rings (SSSR count). The van der Waals surface area contributed by atoms with Crippen LogP contribution in [-0.4, -0.2) is 21.2 Å². The van der Waals surface area contributed by atoms with E-state index in [0.717, 1.165) is 0 Å². The molecule has 0 spiro atoms. The predicted octanol–water partition coefficient (Wildman–Crippen LogP) is 0.0676. The number of aromatic hydroxyl groups is 1. The van der Waals surface area contributed by atoms with Crippen molar-refractivity contribution in [2.24, 2.45) is 0 Å². The van der Waals surface area contributed by atoms with Gasteiger partial charge in [-0.25, -0.2) is 9.78 Å². The Balaban J connectivity index is 3.53. The summed E-state index contributed by atoms with van der Waals surface area (Å²) in [4.78, 5) is 13.6. The molecule has 0 aliphatic rings. The van der Waals surface area contributed by atoms with Gasteiger partial charge in [-0.05, 0) is 6.04 Å². The molecule has 0 bridgehead atoms. The van der Waals surface area contributed by atoms with Gasteiger partial charge in [0.25, 0.3) is 0 Å². The van der Waals surface area contributed by atoms with Gasteiger partial charge in [0.2, 0.25) is 5.88 Å². The molecule has 0 aliphatic heterocycles. The number of aromatic nitrogens is 1. The van der Waals surface area contributed by atoms with Crippen LogP contribution < -0.4 is 5.73 Å². The SMILES string of the molecule is [2H]c1nc(O)c(C(=O)O)c([2H])c1N. The number of nitrogens with two attached hydrogens (primary N) is 1. The summed E-state index contributed by atoms with van der Waals surface area (Å²) in [7, 11) is 0. The summed E-state index contributed by atoms with van der Waals surface area (Å²) in [5, 5.41) is 17.5. The second kappa shape index (κ2) is 2.45. The predicted molar refractivity (Wildman–Crippen MR) is 37.3 cm³/mol. The van der Waals surface area contributed by atoms with E-state index in [1.165, 1.54) is 0 Å². The number of aromatic carboxylic acids is 1. The fourth-order valence-electron chi connectivity index (χ4n) is 0.537. The van der Waals surface area contributed by atoms with E-state index in [0.29, 0.717) is 0 Å². The van der Waals surface area contributed by atoms with Gasteiger partial charge in [-0.2, -0.15) is 0 Å². The van der Waals surface area contributed by atoms with Crippen LogP contribution in [0.5, 0.6) is 5.88 Å². The van der Waals surface area contributed by atoms with Gasteiger partial charge in [0.15, 0.2) is 0 Å². The molecule has 0 unspecified atom stereocenters. The number of carboxylic acids is 1. The topological polar surface area (TPSA) is 96.4 Å². The highest BCUT2D eigenvalue weighted by molar-refractivity contribution is 5.90. The molecule has 1 aromatic rings. The molecule has 0 atom stereocenters. The van der Waals surface area contributed by atoms with Crippen LogP contribution in [0.4, 0.5) is 5.69 Å². The zero-order valence-electron chi connectivity index (χ0n) is 7.33. The van der Waals surface area contributed by atoms with Crippen LogP contribution in [0.15, 0.2) is 12.2 Å². The van der Waals surface area contributed by atoms with Crippen molar-refractivity contribution in [3.63, 3.8) is 0 Å². The maximum atomic E-state index is 10.5. The lowest BCUT2D eigenvalue weighted by atomic mass is 10.2. The van der Waals surface area contributed by atoms with Crippen molar-refractivity contribution in [1.29, 1.82) is 0 Å². The van der Waals surface area contributed by atoms with Crippen molar-refractivity contribution in [2.45, 2.75) is 0 Å². The van der Waals surface area contributed by atoms with Gasteiger partial charge >= 0.3 is 5.97 Å². The lowest BCUT2D eigenvalue weighted by Gasteiger charge is -1.97. The maximum absolute atomic E-state index is 10.5. The highest BCUT2D eigenvalue weighted by Crippen LogP contribution is 2.15. The molecule has 0 radical (unpaired) electrons. The van der Waals surface area contributed by atoms with Crippen LogP contribution in [0.2, 0.25) is 0 Å². The van der Waals surface area contributed by atoms with Gasteiger partial charge < -0.3 is 15.9 Å². The van der Waals surface area contributed by atoms with Crippen LogP contribution in [0, 0.1) is 0 Å². The molecule has 0 saturated carbocycles. The van der Waals surface area contributed by atoms with E-state index in [2.05, 4.69) is 4.98 Å². The summed E-state index contributed by atoms with van der Waals surface area (Å²) in [5.74, 6) is -2.36. The normalized spacial score (nSPS) is 12.0. The van der Waals surface area contributed by atoms with Crippen molar-refractivity contribution < 1.29 is 17.7 Å². The number of anilines is 1. The Bertz CT molecular complexity index is 381. The average molecular weight is 156 g/mol. The van der Waals surface area contributed by atoms with Crippen LogP contribution in [0.1, 0.15) is 13.1 Å². The van der Waals surface area contributed by atoms with Crippen molar-refractivity contribution in [3.8, 4) is 5.88 Å². The van der Waals surface area contributed by atoms with Crippen molar-refractivity contribution in [2.75, 3.05) is 5.73 Å². The summed E-state index contributed by atoms with van der Waals surface area (Å²) in [6.07, 6.45) is -0.507. The van der Waals surface area contributed by atoms with Gasteiger partial charge in [0, 0.05) is 0 Å². The van der Waals surface area contributed by atoms with Crippen LogP contribution in [0.3, 0.4) is 0 Å². The Hall–Kier alpha value is -1.78. The first kappa shape index (κ1) is 4.95. The Morgan fingerprint density at radius 2 is 2.45 bits per heavy atom. The molecule has 1 aromatic heterocycles. The summed E-state index contributed by atoms with van der Waals surface area (Å²) < 4.78 is 14.2. The van der Waals surface area contributed by atoms with Gasteiger partial charge in [0.1, 0.15) is 5.56 Å². The minimum atomic E-state index is -1.50. The van der Waals surface area contributed by atoms with Crippen molar-refractivity contribution in [1.82, 2.24) is 4.98 Å². The summed E-state index contributed by atoms with van der Waals surface area (Å²) in [6.45, 7) is 0. The molecule has 5 heteroatoms. The zero-order valence-corrected chi connectivity index (χ0v) is 5.33. The van der Waals surface area contributed by atoms with E-state index in [-0.39, 0.29) is 5.69 Å². The van der Waals surface area contributed by atoms with Crippen LogP contribution in [-0.2, 0) is 0 Å². The minimum Gasteiger partial charge on any atom is -0.493 e. The van der Waals surface area contributed by atoms with Gasteiger partial charge in [-0.15, -0.1) is 0 Å².